The average molecular weight is 240 g/mol. The SMILES string of the molecule is C[C@@H](OCC[C@H]1CCCCN1)c1nccs1. The molecule has 0 aromatic carbocycles. The summed E-state index contributed by atoms with van der Waals surface area (Å²) in [5.74, 6) is 0. The number of nitrogens with zero attached hydrogens (tertiary/aromatic N) is 1. The normalized spacial score (nSPS) is 23.2. The Balaban J connectivity index is 1.63. The van der Waals surface area contributed by atoms with Gasteiger partial charge in [-0.15, -0.1) is 11.3 Å². The summed E-state index contributed by atoms with van der Waals surface area (Å²) in [6.45, 7) is 4.08. The first-order valence-corrected chi connectivity index (χ1v) is 6.98. The largest absolute Gasteiger partial charge is 0.371 e. The van der Waals surface area contributed by atoms with Gasteiger partial charge in [-0.1, -0.05) is 6.42 Å². The van der Waals surface area contributed by atoms with Crippen LogP contribution in [0.5, 0.6) is 0 Å². The molecule has 90 valence electrons. The molecule has 1 aliphatic rings. The second-order valence-electron chi connectivity index (χ2n) is 4.32. The summed E-state index contributed by atoms with van der Waals surface area (Å²) >= 11 is 1.67. The van der Waals surface area contributed by atoms with Gasteiger partial charge in [-0.2, -0.15) is 0 Å². The van der Waals surface area contributed by atoms with E-state index in [-0.39, 0.29) is 6.10 Å². The average Bonchev–Trinajstić information content (AvgIpc) is 2.84. The third-order valence-electron chi connectivity index (χ3n) is 3.05. The van der Waals surface area contributed by atoms with Gasteiger partial charge in [-0.3, -0.25) is 0 Å². The van der Waals surface area contributed by atoms with E-state index >= 15 is 0 Å². The van der Waals surface area contributed by atoms with Gasteiger partial charge in [0, 0.05) is 24.2 Å². The molecule has 4 heteroatoms. The highest BCUT2D eigenvalue weighted by Gasteiger charge is 2.13. The summed E-state index contributed by atoms with van der Waals surface area (Å²) in [6.07, 6.45) is 7.09. The molecule has 1 N–H and O–H groups in total. The number of rotatable bonds is 5. The number of hydrogen-bond acceptors (Lipinski definition) is 4. The van der Waals surface area contributed by atoms with Crippen molar-refractivity contribution in [1.82, 2.24) is 10.3 Å². The van der Waals surface area contributed by atoms with Crippen LogP contribution >= 0.6 is 11.3 Å². The van der Waals surface area contributed by atoms with E-state index < -0.39 is 0 Å². The smallest absolute Gasteiger partial charge is 0.121 e. The first-order valence-electron chi connectivity index (χ1n) is 6.10. The maximum absolute atomic E-state index is 5.80. The van der Waals surface area contributed by atoms with Gasteiger partial charge in [0.25, 0.3) is 0 Å². The minimum absolute atomic E-state index is 0.142. The Hall–Kier alpha value is -0.450. The van der Waals surface area contributed by atoms with Crippen molar-refractivity contribution < 1.29 is 4.74 Å². The van der Waals surface area contributed by atoms with Crippen LogP contribution in [0.15, 0.2) is 11.6 Å². The quantitative estimate of drug-likeness (QED) is 0.859. The van der Waals surface area contributed by atoms with Crippen molar-refractivity contribution in [2.24, 2.45) is 0 Å². The van der Waals surface area contributed by atoms with Crippen molar-refractivity contribution in [3.05, 3.63) is 16.6 Å². The van der Waals surface area contributed by atoms with Crippen molar-refractivity contribution in [2.75, 3.05) is 13.2 Å². The molecule has 2 heterocycles. The lowest BCUT2D eigenvalue weighted by atomic mass is 10.0. The van der Waals surface area contributed by atoms with Crippen molar-refractivity contribution in [3.63, 3.8) is 0 Å². The lowest BCUT2D eigenvalue weighted by Gasteiger charge is -2.23. The first kappa shape index (κ1) is 12.0. The van der Waals surface area contributed by atoms with E-state index in [2.05, 4.69) is 17.2 Å². The number of nitrogens with one attached hydrogen (secondary N) is 1. The number of piperidine rings is 1. The van der Waals surface area contributed by atoms with Crippen LogP contribution in [0.25, 0.3) is 0 Å². The lowest BCUT2D eigenvalue weighted by molar-refractivity contribution is 0.0571. The van der Waals surface area contributed by atoms with Crippen LogP contribution in [0.2, 0.25) is 0 Å². The van der Waals surface area contributed by atoms with Gasteiger partial charge in [-0.05, 0) is 32.7 Å². The van der Waals surface area contributed by atoms with Crippen LogP contribution < -0.4 is 5.32 Å². The van der Waals surface area contributed by atoms with Gasteiger partial charge < -0.3 is 10.1 Å². The zero-order valence-corrected chi connectivity index (χ0v) is 10.6. The van der Waals surface area contributed by atoms with Crippen molar-refractivity contribution in [3.8, 4) is 0 Å². The zero-order chi connectivity index (χ0) is 11.2. The summed E-state index contributed by atoms with van der Waals surface area (Å²) < 4.78 is 5.80. The molecule has 1 fully saturated rings. The highest BCUT2D eigenvalue weighted by atomic mass is 32.1. The Morgan fingerprint density at radius 3 is 3.25 bits per heavy atom. The molecule has 0 aliphatic carbocycles. The molecule has 2 rings (SSSR count). The second kappa shape index (κ2) is 6.33. The summed E-state index contributed by atoms with van der Waals surface area (Å²) in [6, 6.07) is 0.664. The highest BCUT2D eigenvalue weighted by Crippen LogP contribution is 2.19. The summed E-state index contributed by atoms with van der Waals surface area (Å²) in [4.78, 5) is 4.26. The molecule has 2 atom stereocenters. The van der Waals surface area contributed by atoms with Crippen molar-refractivity contribution in [1.29, 1.82) is 0 Å². The molecule has 1 aliphatic heterocycles. The molecule has 1 aromatic rings. The lowest BCUT2D eigenvalue weighted by Crippen LogP contribution is -2.34. The topological polar surface area (TPSA) is 34.1 Å². The van der Waals surface area contributed by atoms with Gasteiger partial charge in [0.2, 0.25) is 0 Å². The predicted octanol–water partition coefficient (Wildman–Crippen LogP) is 2.75. The summed E-state index contributed by atoms with van der Waals surface area (Å²) in [5, 5.41) is 6.61. The molecule has 0 unspecified atom stereocenters. The fourth-order valence-corrected chi connectivity index (χ4v) is 2.71. The number of ether oxygens (including phenoxy) is 1. The molecule has 1 aromatic heterocycles. The monoisotopic (exact) mass is 240 g/mol. The molecule has 3 nitrogen and oxygen atoms in total. The number of thiazole rings is 1. The standard InChI is InChI=1S/C12H20N2OS/c1-10(12-14-7-9-16-12)15-8-5-11-4-2-3-6-13-11/h7,9-11,13H,2-6,8H2,1H3/t10-,11-/m1/s1. The minimum atomic E-state index is 0.142. The molecule has 0 bridgehead atoms. The van der Waals surface area contributed by atoms with Crippen LogP contribution in [0.3, 0.4) is 0 Å². The van der Waals surface area contributed by atoms with Gasteiger partial charge in [0.15, 0.2) is 0 Å². The van der Waals surface area contributed by atoms with Crippen molar-refractivity contribution in [2.45, 2.75) is 44.8 Å². The number of aromatic nitrogens is 1. The van der Waals surface area contributed by atoms with Crippen molar-refractivity contribution >= 4 is 11.3 Å². The van der Waals surface area contributed by atoms with Crippen LogP contribution in [-0.4, -0.2) is 24.2 Å². The van der Waals surface area contributed by atoms with Gasteiger partial charge in [-0.25, -0.2) is 4.98 Å². The van der Waals surface area contributed by atoms with Crippen LogP contribution in [0.1, 0.15) is 43.7 Å². The summed E-state index contributed by atoms with van der Waals surface area (Å²) in [7, 11) is 0. The van der Waals surface area contributed by atoms with E-state index in [0.717, 1.165) is 18.0 Å². The highest BCUT2D eigenvalue weighted by molar-refractivity contribution is 7.09. The Bertz CT molecular complexity index is 283. The fraction of sp³-hybridized carbons (Fsp3) is 0.750. The number of hydrogen-bond donors (Lipinski definition) is 1. The molecule has 0 spiro atoms. The molecular formula is C12H20N2OS. The van der Waals surface area contributed by atoms with Gasteiger partial charge in [0.1, 0.15) is 11.1 Å². The molecule has 0 saturated carbocycles. The summed E-state index contributed by atoms with van der Waals surface area (Å²) in [5.41, 5.74) is 0. The Morgan fingerprint density at radius 1 is 1.62 bits per heavy atom. The van der Waals surface area contributed by atoms with E-state index in [9.17, 15) is 0 Å². The van der Waals surface area contributed by atoms with Crippen LogP contribution in [0, 0.1) is 0 Å². The van der Waals surface area contributed by atoms with Gasteiger partial charge >= 0.3 is 0 Å². The van der Waals surface area contributed by atoms with Gasteiger partial charge in [0.05, 0.1) is 0 Å². The molecule has 1 saturated heterocycles. The molecule has 16 heavy (non-hydrogen) atoms. The second-order valence-corrected chi connectivity index (χ2v) is 5.25. The van der Waals surface area contributed by atoms with E-state index in [4.69, 9.17) is 4.74 Å². The molecule has 0 radical (unpaired) electrons. The van der Waals surface area contributed by atoms with Crippen LogP contribution in [-0.2, 0) is 4.74 Å². The van der Waals surface area contributed by atoms with E-state index in [1.54, 1.807) is 11.3 Å². The Labute approximate surface area is 101 Å². The maximum atomic E-state index is 5.80. The Kier molecular flexibility index (Phi) is 4.75. The third-order valence-corrected chi connectivity index (χ3v) is 3.98. The molecule has 0 amide bonds. The van der Waals surface area contributed by atoms with Crippen LogP contribution in [0.4, 0.5) is 0 Å². The first-order chi connectivity index (χ1) is 7.86. The van der Waals surface area contributed by atoms with E-state index in [1.165, 1.54) is 25.8 Å². The maximum Gasteiger partial charge on any atom is 0.121 e. The minimum Gasteiger partial charge on any atom is -0.371 e. The fourth-order valence-electron chi connectivity index (χ4n) is 2.06. The molecular weight excluding hydrogens is 220 g/mol. The Morgan fingerprint density at radius 2 is 2.56 bits per heavy atom. The van der Waals surface area contributed by atoms with E-state index in [0.29, 0.717) is 6.04 Å². The predicted molar refractivity (Wildman–Crippen MR) is 66.7 cm³/mol. The zero-order valence-electron chi connectivity index (χ0n) is 9.82. The third kappa shape index (κ3) is 3.54. The van der Waals surface area contributed by atoms with E-state index in [1.807, 2.05) is 11.6 Å².